The highest BCUT2D eigenvalue weighted by molar-refractivity contribution is 7.60. The van der Waals surface area contributed by atoms with Crippen LogP contribution < -0.4 is 77.6 Å². The normalized spacial score (nSPS) is 22.8. The first-order valence-electron chi connectivity index (χ1n) is 29.6. The molecule has 55 heteroatoms. The Kier molecular flexibility index (Phi) is 31.2. The molecule has 15 atom stereocenters. The van der Waals surface area contributed by atoms with Crippen molar-refractivity contribution >= 4 is 116 Å². The zero-order valence-electron chi connectivity index (χ0n) is 54.5. The number of amides is 4. The summed E-state index contributed by atoms with van der Waals surface area (Å²) in [5, 5.41) is 51.8. The van der Waals surface area contributed by atoms with Gasteiger partial charge in [-0.05, 0) is 13.0 Å². The number of imidazole rings is 2. The van der Waals surface area contributed by atoms with Crippen LogP contribution in [0.3, 0.4) is 0 Å². The van der Waals surface area contributed by atoms with Crippen LogP contribution in [0.2, 0.25) is 0 Å². The second-order valence-corrected chi connectivity index (χ2v) is 31.5. The molecule has 0 saturated carbocycles. The van der Waals surface area contributed by atoms with Crippen LogP contribution in [0, 0.1) is 10.8 Å². The van der Waals surface area contributed by atoms with Crippen molar-refractivity contribution in [2.45, 2.75) is 128 Å². The van der Waals surface area contributed by atoms with Gasteiger partial charge in [0.05, 0.1) is 60.8 Å². The lowest BCUT2D eigenvalue weighted by Gasteiger charge is -2.36. The van der Waals surface area contributed by atoms with E-state index >= 15 is 0 Å². The van der Waals surface area contributed by atoms with Crippen molar-refractivity contribution in [3.05, 3.63) is 38.0 Å². The molecule has 6 rings (SSSR count). The number of hydrogen-bond donors (Lipinski definition) is 11. The number of aromatic nitrogens is 8. The van der Waals surface area contributed by atoms with Gasteiger partial charge in [0, 0.05) is 62.7 Å². The Hall–Kier alpha value is -5.88. The van der Waals surface area contributed by atoms with Crippen LogP contribution in [0.4, 0.5) is 11.6 Å². The van der Waals surface area contributed by atoms with Gasteiger partial charge in [-0.25, -0.2) is 38.5 Å². The Balaban J connectivity index is 0.000000371. The third-order valence-electron chi connectivity index (χ3n) is 14.2. The zero-order valence-corrected chi connectivity index (χ0v) is 59.8. The summed E-state index contributed by atoms with van der Waals surface area (Å²) in [4.78, 5) is 190. The van der Waals surface area contributed by atoms with Crippen molar-refractivity contribution in [2.75, 3.05) is 64.1 Å². The van der Waals surface area contributed by atoms with Gasteiger partial charge < -0.3 is 144 Å². The maximum atomic E-state index is 12.4. The molecule has 14 N–H and O–H groups in total. The number of nitrogens with two attached hydrogens (primary N) is 3. The zero-order chi connectivity index (χ0) is 77.6. The number of carbonyl (C=O) groups is 6. The number of nitrogens with one attached hydrogen (secondary N) is 4. The number of Topliss-reactive ketones (excluding diaryl/α,β-unsaturated/α-hetero) is 1. The third kappa shape index (κ3) is 26.8. The van der Waals surface area contributed by atoms with Gasteiger partial charge in [0.25, 0.3) is 31.3 Å². The summed E-state index contributed by atoms with van der Waals surface area (Å²) >= 11 is 0. The smallest absolute Gasteiger partial charge is 0.274 e. The maximum absolute atomic E-state index is 12.4. The van der Waals surface area contributed by atoms with Crippen molar-refractivity contribution in [1.29, 1.82) is 0 Å². The summed E-state index contributed by atoms with van der Waals surface area (Å²) in [6.45, 7) is 4.53. The molecule has 0 bridgehead atoms. The molecule has 15 unspecified atom stereocenters. The topological polar surface area (TPSA) is 776 Å². The van der Waals surface area contributed by atoms with Crippen LogP contribution in [-0.2, 0) is 101 Å². The number of nitrogens with zero attached hydrogens (tertiary/aromatic N) is 8. The predicted octanol–water partition coefficient (Wildman–Crippen LogP) is -8.79. The molecule has 2 aliphatic heterocycles. The number of hydrogen-bond acceptors (Lipinski definition) is 43. The van der Waals surface area contributed by atoms with Crippen LogP contribution in [0.1, 0.15) is 72.8 Å². The van der Waals surface area contributed by atoms with Crippen LogP contribution >= 0.6 is 46.9 Å². The number of aliphatic hydroxyl groups excluding tert-OH is 4. The molecule has 103 heavy (non-hydrogen) atoms. The van der Waals surface area contributed by atoms with Gasteiger partial charge in [-0.3, -0.25) is 56.2 Å². The molecule has 4 amide bonds. The monoisotopic (exact) mass is 1590 g/mol. The third-order valence-corrected chi connectivity index (χ3v) is 20.3. The number of ether oxygens (including phenoxy) is 2. The largest absolute Gasteiger partial charge is 0.790 e. The van der Waals surface area contributed by atoms with E-state index in [0.717, 1.165) is 40.5 Å². The van der Waals surface area contributed by atoms with E-state index in [-0.39, 0.29) is 97.4 Å². The number of rotatable bonds is 40. The summed E-state index contributed by atoms with van der Waals surface area (Å²) in [5.41, 5.74) is 13.5. The number of fused-ring (bicyclic) bond motifs is 2. The molecule has 6 heterocycles. The minimum absolute atomic E-state index is 0.00579. The van der Waals surface area contributed by atoms with Crippen molar-refractivity contribution in [1.82, 2.24) is 60.3 Å². The molecular formula is C48H71N15O34P6-8. The number of carbonyl (C=O) groups excluding carboxylic acids is 6. The lowest BCUT2D eigenvalue weighted by atomic mass is 9.87. The van der Waals surface area contributed by atoms with Gasteiger partial charge in [0.1, 0.15) is 72.5 Å². The van der Waals surface area contributed by atoms with Crippen LogP contribution in [0.15, 0.2) is 38.0 Å². The first-order chi connectivity index (χ1) is 47.5. The average Bonchev–Trinajstić information content (AvgIpc) is 1.62. The van der Waals surface area contributed by atoms with Gasteiger partial charge >= 0.3 is 0 Å². The Morgan fingerprint density at radius 3 is 1.28 bits per heavy atom. The first kappa shape index (κ1) is 87.8. The van der Waals surface area contributed by atoms with E-state index in [1.54, 1.807) is 0 Å². The molecule has 0 radical (unpaired) electrons. The molecule has 0 spiro atoms. The standard InChI is InChI=1S/C24H41N8O17P3.C24H38N7O17P3/c1-12(25)13(33)4-6-27-15(34)5-7-28-22(37)19(36)24(2,3)9-46-52(43,44)49-51(41,42)45-8-14-18(48-50(38,39)40)17(35)23(47-14)32-11-31-16-20(26)29-10-30-21(16)32;1-4-13(32)5-7-26-15(33)6-8-27-22(36)19(35)24(2,3)10-45-51(42,43)48-50(40,41)44-9-14-18(47-49(37,38)39)17(34)23(46-14)31-12-30-16-20(25)28-11-29-21(16)31/h10-12,14,17-19,23,35-36H,4-9,25H2,1-3H3,(H,27,34)(H,28,37)(H,41,42)(H,43,44)(H2,26,29,30)(H2,38,39,40);4,11-12,14,17-19,23,34-35H,1,5-10H2,2-3H3,(H,26,33)(H,27,36)(H,40,41)(H,42,43)(H2,25,28,29)(H2,37,38,39)/p-8. The first-order valence-corrected chi connectivity index (χ1v) is 38.3. The summed E-state index contributed by atoms with van der Waals surface area (Å²) in [6, 6.07) is -0.690. The number of aliphatic hydroxyl groups is 4. The Morgan fingerprint density at radius 1 is 0.583 bits per heavy atom. The quantitative estimate of drug-likeness (QED) is 0.0146. The number of phosphoric acid groups is 6. The summed E-state index contributed by atoms with van der Waals surface area (Å²) in [7, 11) is -35.2. The fourth-order valence-corrected chi connectivity index (χ4v) is 14.3. The second kappa shape index (κ2) is 36.6. The molecule has 0 aromatic carbocycles. The van der Waals surface area contributed by atoms with Crippen molar-refractivity contribution in [3.63, 3.8) is 0 Å². The molecule has 2 saturated heterocycles. The van der Waals surface area contributed by atoms with Gasteiger partial charge in [0.15, 0.2) is 47.0 Å². The number of ketones is 2. The molecule has 49 nitrogen and oxygen atoms in total. The summed E-state index contributed by atoms with van der Waals surface area (Å²) in [6.07, 6.45) is -14.2. The minimum atomic E-state index is -5.91. The SMILES string of the molecule is C=CC(=O)CCNC(=O)CCNC(=O)C(O)C(C)(C)COP(=O)([O-])OP(=O)([O-])OCC1OC(n2cnc3c(N)ncnc32)C(O)C1OP(=O)([O-])[O-].CC(N)C(=O)CCNC(=O)CCNC(=O)C(O)C(C)(C)COP(=O)([O-])OP(=O)([O-])OCC1OC(n2cnc3c(N)ncnc32)C(O)C1OP(=O)([O-])[O-]. The molecule has 4 aromatic rings. The molecule has 2 aliphatic rings. The molecule has 0 aliphatic carbocycles. The highest BCUT2D eigenvalue weighted by Gasteiger charge is 2.49. The van der Waals surface area contributed by atoms with Crippen LogP contribution in [-0.4, -0.2) is 202 Å². The number of allylic oxidation sites excluding steroid dienone is 1. The van der Waals surface area contributed by atoms with E-state index < -0.39 is 175 Å². The molecular weight excluding hydrogens is 1520 g/mol. The minimum Gasteiger partial charge on any atom is -0.790 e. The average molecular weight is 1590 g/mol. The highest BCUT2D eigenvalue weighted by atomic mass is 31.3. The molecule has 2 fully saturated rings. The van der Waals surface area contributed by atoms with Gasteiger partial charge in [-0.1, -0.05) is 34.3 Å². The van der Waals surface area contributed by atoms with E-state index in [1.807, 2.05) is 0 Å². The lowest BCUT2D eigenvalue weighted by molar-refractivity contribution is -0.348. The van der Waals surface area contributed by atoms with Crippen molar-refractivity contribution in [3.8, 4) is 0 Å². The van der Waals surface area contributed by atoms with Crippen molar-refractivity contribution in [2.24, 2.45) is 16.6 Å². The number of phosphoric ester groups is 6. The Bertz CT molecular complexity index is 3970. The Labute approximate surface area is 581 Å². The summed E-state index contributed by atoms with van der Waals surface area (Å²) in [5.74, 6) is -3.82. The van der Waals surface area contributed by atoms with Gasteiger partial charge in [-0.2, -0.15) is 0 Å². The number of anilines is 2. The van der Waals surface area contributed by atoms with E-state index in [0.29, 0.717) is 0 Å². The molecule has 580 valence electrons. The molecule has 4 aromatic heterocycles. The van der Waals surface area contributed by atoms with E-state index in [1.165, 1.54) is 34.6 Å². The lowest BCUT2D eigenvalue weighted by Crippen LogP contribution is -2.46. The van der Waals surface area contributed by atoms with Crippen LogP contribution in [0.5, 0.6) is 0 Å². The van der Waals surface area contributed by atoms with Crippen LogP contribution in [0.25, 0.3) is 22.3 Å². The fourth-order valence-electron chi connectivity index (χ4n) is 8.81. The maximum Gasteiger partial charge on any atom is 0.274 e. The van der Waals surface area contributed by atoms with Crippen molar-refractivity contribution < 1.29 is 161 Å². The van der Waals surface area contributed by atoms with Gasteiger partial charge in [-0.15, -0.1) is 0 Å². The second-order valence-electron chi connectivity index (χ2n) is 23.4. The van der Waals surface area contributed by atoms with E-state index in [9.17, 15) is 116 Å². The number of nitrogen functional groups attached to an aromatic ring is 2. The highest BCUT2D eigenvalue weighted by Crippen LogP contribution is 2.58. The predicted molar refractivity (Wildman–Crippen MR) is 325 cm³/mol. The van der Waals surface area contributed by atoms with E-state index in [2.05, 4.69) is 93.5 Å². The summed E-state index contributed by atoms with van der Waals surface area (Å²) < 4.78 is 120. The van der Waals surface area contributed by atoms with E-state index in [4.69, 9.17) is 26.7 Å². The Morgan fingerprint density at radius 2 is 0.932 bits per heavy atom. The fraction of sp³-hybridized carbons (Fsp3) is 0.625. The van der Waals surface area contributed by atoms with Gasteiger partial charge in [0.2, 0.25) is 23.6 Å².